The van der Waals surface area contributed by atoms with Gasteiger partial charge >= 0.3 is 0 Å². The van der Waals surface area contributed by atoms with Crippen molar-refractivity contribution in [3.05, 3.63) is 78.4 Å². The minimum atomic E-state index is -0.328. The molecule has 26 heavy (non-hydrogen) atoms. The lowest BCUT2D eigenvalue weighted by atomic mass is 10.1. The summed E-state index contributed by atoms with van der Waals surface area (Å²) in [5.41, 5.74) is 7.76. The molecule has 1 heterocycles. The lowest BCUT2D eigenvalue weighted by Crippen LogP contribution is -2.15. The minimum absolute atomic E-state index is 0.209. The minimum Gasteiger partial charge on any atom is -0.383 e. The molecule has 1 amide bonds. The van der Waals surface area contributed by atoms with Gasteiger partial charge in [-0.15, -0.1) is 0 Å². The van der Waals surface area contributed by atoms with Gasteiger partial charge in [0.1, 0.15) is 11.4 Å². The van der Waals surface area contributed by atoms with Gasteiger partial charge in [0.2, 0.25) is 0 Å². The summed E-state index contributed by atoms with van der Waals surface area (Å²) >= 11 is 0. The Morgan fingerprint density at radius 3 is 2.50 bits per heavy atom. The Bertz CT molecular complexity index is 1070. The first kappa shape index (κ1) is 15.7. The highest BCUT2D eigenvalue weighted by Crippen LogP contribution is 2.27. The molecule has 0 bridgehead atoms. The van der Waals surface area contributed by atoms with Crippen molar-refractivity contribution < 1.29 is 4.79 Å². The molecule has 1 aromatic heterocycles. The fraction of sp³-hybridized carbons (Fsp3) is 0. The van der Waals surface area contributed by atoms with Crippen LogP contribution < -0.4 is 16.4 Å². The second-order valence-electron chi connectivity index (χ2n) is 5.83. The van der Waals surface area contributed by atoms with Gasteiger partial charge in [-0.3, -0.25) is 9.89 Å². The zero-order valence-corrected chi connectivity index (χ0v) is 13.9. The van der Waals surface area contributed by atoms with Crippen LogP contribution in [0.5, 0.6) is 0 Å². The number of aromatic amines is 1. The topological polar surface area (TPSA) is 95.8 Å². The van der Waals surface area contributed by atoms with Crippen LogP contribution in [-0.4, -0.2) is 16.1 Å². The number of para-hydroxylation sites is 1. The lowest BCUT2D eigenvalue weighted by Gasteiger charge is -2.10. The van der Waals surface area contributed by atoms with E-state index in [0.717, 1.165) is 22.1 Å². The highest BCUT2D eigenvalue weighted by Gasteiger charge is 2.20. The van der Waals surface area contributed by atoms with E-state index < -0.39 is 0 Å². The standard InChI is InChI=1S/C20H17N5O/c21-18-17(19(25-24-18)22-14-9-2-1-3-10-14)20(26)23-16-12-6-8-13-7-4-5-11-15(13)16/h1-12H,(H,23,26)(H4,21,22,24,25). The van der Waals surface area contributed by atoms with Crippen LogP contribution in [0.25, 0.3) is 10.8 Å². The normalized spacial score (nSPS) is 10.6. The van der Waals surface area contributed by atoms with Gasteiger partial charge < -0.3 is 16.4 Å². The molecule has 3 aromatic carbocycles. The Labute approximate surface area is 150 Å². The number of carbonyl (C=O) groups excluding carboxylic acids is 1. The molecular formula is C20H17N5O. The van der Waals surface area contributed by atoms with Crippen LogP contribution in [0.3, 0.4) is 0 Å². The Morgan fingerprint density at radius 2 is 1.65 bits per heavy atom. The van der Waals surface area contributed by atoms with E-state index in [2.05, 4.69) is 20.8 Å². The van der Waals surface area contributed by atoms with Gasteiger partial charge in [0.15, 0.2) is 5.82 Å². The van der Waals surface area contributed by atoms with E-state index in [0.29, 0.717) is 5.82 Å². The number of carbonyl (C=O) groups is 1. The molecule has 6 nitrogen and oxygen atoms in total. The monoisotopic (exact) mass is 343 g/mol. The van der Waals surface area contributed by atoms with Gasteiger partial charge in [-0.05, 0) is 23.6 Å². The van der Waals surface area contributed by atoms with Crippen LogP contribution in [0.1, 0.15) is 10.4 Å². The summed E-state index contributed by atoms with van der Waals surface area (Å²) in [7, 11) is 0. The Morgan fingerprint density at radius 1 is 0.923 bits per heavy atom. The average Bonchev–Trinajstić information content (AvgIpc) is 3.03. The summed E-state index contributed by atoms with van der Waals surface area (Å²) in [4.78, 5) is 12.9. The molecule has 0 atom stereocenters. The number of hydrogen-bond donors (Lipinski definition) is 4. The van der Waals surface area contributed by atoms with Crippen molar-refractivity contribution in [1.82, 2.24) is 10.2 Å². The summed E-state index contributed by atoms with van der Waals surface area (Å²) in [5.74, 6) is 0.263. The molecule has 0 radical (unpaired) electrons. The van der Waals surface area contributed by atoms with Crippen LogP contribution in [0.15, 0.2) is 72.8 Å². The van der Waals surface area contributed by atoms with E-state index >= 15 is 0 Å². The number of benzene rings is 3. The first-order valence-electron chi connectivity index (χ1n) is 8.17. The van der Waals surface area contributed by atoms with Gasteiger partial charge in [-0.25, -0.2) is 0 Å². The predicted molar refractivity (Wildman–Crippen MR) is 105 cm³/mol. The SMILES string of the molecule is Nc1[nH]nc(Nc2ccccc2)c1C(=O)Nc1cccc2ccccc12. The molecular weight excluding hydrogens is 326 g/mol. The van der Waals surface area contributed by atoms with Crippen molar-refractivity contribution in [2.75, 3.05) is 16.4 Å². The van der Waals surface area contributed by atoms with E-state index in [4.69, 9.17) is 5.73 Å². The third kappa shape index (κ3) is 2.95. The van der Waals surface area contributed by atoms with Crippen LogP contribution in [0.4, 0.5) is 23.0 Å². The first-order valence-corrected chi connectivity index (χ1v) is 8.17. The number of hydrogen-bond acceptors (Lipinski definition) is 4. The summed E-state index contributed by atoms with van der Waals surface area (Å²) in [5, 5.41) is 14.8. The number of fused-ring (bicyclic) bond motifs is 1. The summed E-state index contributed by atoms with van der Waals surface area (Å²) < 4.78 is 0. The number of H-pyrrole nitrogens is 1. The van der Waals surface area contributed by atoms with Crippen LogP contribution in [0.2, 0.25) is 0 Å². The fourth-order valence-electron chi connectivity index (χ4n) is 2.85. The molecule has 0 spiro atoms. The second-order valence-corrected chi connectivity index (χ2v) is 5.83. The van der Waals surface area contributed by atoms with Crippen molar-refractivity contribution in [2.45, 2.75) is 0 Å². The molecule has 0 aliphatic carbocycles. The predicted octanol–water partition coefficient (Wildman–Crippen LogP) is 4.14. The van der Waals surface area contributed by atoms with E-state index in [1.807, 2.05) is 72.8 Å². The zero-order chi connectivity index (χ0) is 17.9. The van der Waals surface area contributed by atoms with Crippen LogP contribution in [0, 0.1) is 0 Å². The van der Waals surface area contributed by atoms with Gasteiger partial charge in [-0.1, -0.05) is 54.6 Å². The van der Waals surface area contributed by atoms with Crippen LogP contribution >= 0.6 is 0 Å². The molecule has 4 aromatic rings. The number of nitrogens with zero attached hydrogens (tertiary/aromatic N) is 1. The maximum absolute atomic E-state index is 12.9. The molecule has 0 aliphatic rings. The highest BCUT2D eigenvalue weighted by molar-refractivity contribution is 6.13. The summed E-state index contributed by atoms with van der Waals surface area (Å²) in [6, 6.07) is 23.1. The highest BCUT2D eigenvalue weighted by atomic mass is 16.1. The van der Waals surface area contributed by atoms with Gasteiger partial charge in [0.05, 0.1) is 0 Å². The second kappa shape index (κ2) is 6.60. The van der Waals surface area contributed by atoms with Gasteiger partial charge in [0, 0.05) is 16.8 Å². The molecule has 5 N–H and O–H groups in total. The maximum atomic E-state index is 12.9. The number of aromatic nitrogens is 2. The number of nitrogens with one attached hydrogen (secondary N) is 3. The number of rotatable bonds is 4. The van der Waals surface area contributed by atoms with Gasteiger partial charge in [0.25, 0.3) is 5.91 Å². The molecule has 0 fully saturated rings. The Hall–Kier alpha value is -3.80. The number of amides is 1. The third-order valence-electron chi connectivity index (χ3n) is 4.10. The van der Waals surface area contributed by atoms with Crippen molar-refractivity contribution in [1.29, 1.82) is 0 Å². The molecule has 128 valence electrons. The van der Waals surface area contributed by atoms with E-state index in [-0.39, 0.29) is 17.3 Å². The van der Waals surface area contributed by atoms with Crippen molar-refractivity contribution in [3.8, 4) is 0 Å². The molecule has 0 unspecified atom stereocenters. The Balaban J connectivity index is 1.65. The number of nitrogen functional groups attached to an aromatic ring is 1. The van der Waals surface area contributed by atoms with Crippen molar-refractivity contribution in [2.24, 2.45) is 0 Å². The largest absolute Gasteiger partial charge is 0.383 e. The van der Waals surface area contributed by atoms with Gasteiger partial charge in [-0.2, -0.15) is 5.10 Å². The van der Waals surface area contributed by atoms with Crippen molar-refractivity contribution in [3.63, 3.8) is 0 Å². The van der Waals surface area contributed by atoms with Crippen molar-refractivity contribution >= 4 is 39.7 Å². The first-order chi connectivity index (χ1) is 12.7. The zero-order valence-electron chi connectivity index (χ0n) is 13.9. The summed E-state index contributed by atoms with van der Waals surface area (Å²) in [6.45, 7) is 0. The molecule has 6 heteroatoms. The third-order valence-corrected chi connectivity index (χ3v) is 4.10. The number of anilines is 4. The van der Waals surface area contributed by atoms with E-state index in [1.54, 1.807) is 0 Å². The molecule has 4 rings (SSSR count). The van der Waals surface area contributed by atoms with E-state index in [9.17, 15) is 4.79 Å². The van der Waals surface area contributed by atoms with E-state index in [1.165, 1.54) is 0 Å². The number of nitrogens with two attached hydrogens (primary N) is 1. The fourth-order valence-corrected chi connectivity index (χ4v) is 2.85. The molecule has 0 aliphatic heterocycles. The average molecular weight is 343 g/mol. The lowest BCUT2D eigenvalue weighted by molar-refractivity contribution is 0.102. The van der Waals surface area contributed by atoms with Crippen LogP contribution in [-0.2, 0) is 0 Å². The Kier molecular flexibility index (Phi) is 3.99. The maximum Gasteiger partial charge on any atom is 0.263 e. The smallest absolute Gasteiger partial charge is 0.263 e. The quantitative estimate of drug-likeness (QED) is 0.448. The molecule has 0 saturated heterocycles. The molecule has 0 saturated carbocycles. The summed E-state index contributed by atoms with van der Waals surface area (Å²) in [6.07, 6.45) is 0.